The van der Waals surface area contributed by atoms with Gasteiger partial charge in [-0.3, -0.25) is 0 Å². The van der Waals surface area contributed by atoms with Crippen LogP contribution in [0.5, 0.6) is 0 Å². The fourth-order valence-corrected chi connectivity index (χ4v) is 5.31. The Morgan fingerprint density at radius 2 is 1.38 bits per heavy atom. The Morgan fingerprint density at radius 3 is 2.00 bits per heavy atom. The number of aliphatic hydroxyl groups excluding tert-OH is 3. The van der Waals surface area contributed by atoms with Gasteiger partial charge in [-0.25, -0.2) is 0 Å². The topological polar surface area (TPSA) is 60.7 Å². The molecule has 0 radical (unpaired) electrons. The van der Waals surface area contributed by atoms with Crippen molar-refractivity contribution in [3.63, 3.8) is 0 Å². The molecule has 4 heteroatoms. The molecule has 0 bridgehead atoms. The fraction of sp³-hybridized carbons (Fsp3) is 0.455. The molecule has 26 heavy (non-hydrogen) atoms. The van der Waals surface area contributed by atoms with Gasteiger partial charge in [0.15, 0.2) is 0 Å². The molecule has 0 amide bonds. The van der Waals surface area contributed by atoms with E-state index in [2.05, 4.69) is 12.1 Å². The van der Waals surface area contributed by atoms with Crippen molar-refractivity contribution in [1.29, 1.82) is 0 Å². The van der Waals surface area contributed by atoms with E-state index in [9.17, 15) is 15.3 Å². The minimum Gasteiger partial charge on any atom is -0.392 e. The third kappa shape index (κ3) is 4.68. The van der Waals surface area contributed by atoms with Gasteiger partial charge in [0, 0.05) is 16.1 Å². The van der Waals surface area contributed by atoms with E-state index in [1.807, 2.05) is 36.4 Å². The maximum Gasteiger partial charge on any atom is 0.105 e. The second-order valence-corrected chi connectivity index (χ2v) is 8.70. The van der Waals surface area contributed by atoms with E-state index >= 15 is 0 Å². The van der Waals surface area contributed by atoms with Crippen molar-refractivity contribution in [2.45, 2.75) is 66.5 Å². The minimum absolute atomic E-state index is 0.176. The molecular weight excluding hydrogens is 344 g/mol. The van der Waals surface area contributed by atoms with Crippen molar-refractivity contribution < 1.29 is 15.3 Å². The molecule has 3 N–H and O–H groups in total. The van der Waals surface area contributed by atoms with Gasteiger partial charge < -0.3 is 15.3 Å². The van der Waals surface area contributed by atoms with E-state index in [1.54, 1.807) is 23.9 Å². The SMILES string of the molecule is O[C@H](C[C@@H](O)C1(Sc2ccccc2)CCCCC1)[C@H](O)c1ccccc1. The maximum atomic E-state index is 11.1. The van der Waals surface area contributed by atoms with Crippen molar-refractivity contribution in [1.82, 2.24) is 0 Å². The van der Waals surface area contributed by atoms with E-state index in [1.165, 1.54) is 6.42 Å². The Morgan fingerprint density at radius 1 is 0.808 bits per heavy atom. The lowest BCUT2D eigenvalue weighted by molar-refractivity contribution is -0.0246. The summed E-state index contributed by atoms with van der Waals surface area (Å²) in [5.41, 5.74) is 0.681. The highest BCUT2D eigenvalue weighted by atomic mass is 32.2. The van der Waals surface area contributed by atoms with Crippen molar-refractivity contribution in [2.75, 3.05) is 0 Å². The third-order valence-corrected chi connectivity index (χ3v) is 6.94. The van der Waals surface area contributed by atoms with Gasteiger partial charge in [0.25, 0.3) is 0 Å². The zero-order chi connectivity index (χ0) is 18.4. The Bertz CT molecular complexity index is 656. The number of aliphatic hydroxyl groups is 3. The predicted octanol–water partition coefficient (Wildman–Crippen LogP) is 4.33. The van der Waals surface area contributed by atoms with Gasteiger partial charge in [-0.1, -0.05) is 67.8 Å². The van der Waals surface area contributed by atoms with E-state index in [0.717, 1.165) is 30.6 Å². The van der Waals surface area contributed by atoms with Gasteiger partial charge in [-0.15, -0.1) is 11.8 Å². The summed E-state index contributed by atoms with van der Waals surface area (Å²) < 4.78 is -0.295. The lowest BCUT2D eigenvalue weighted by Crippen LogP contribution is -2.43. The second-order valence-electron chi connectivity index (χ2n) is 7.21. The zero-order valence-corrected chi connectivity index (χ0v) is 15.8. The summed E-state index contributed by atoms with van der Waals surface area (Å²) in [5.74, 6) is 0. The Labute approximate surface area is 160 Å². The molecule has 0 spiro atoms. The summed E-state index contributed by atoms with van der Waals surface area (Å²) in [6, 6.07) is 19.3. The first-order valence-electron chi connectivity index (χ1n) is 9.44. The van der Waals surface area contributed by atoms with Crippen LogP contribution in [0.1, 0.15) is 50.2 Å². The molecule has 1 fully saturated rings. The quantitative estimate of drug-likeness (QED) is 0.677. The fourth-order valence-electron chi connectivity index (χ4n) is 3.82. The van der Waals surface area contributed by atoms with Crippen LogP contribution in [0.4, 0.5) is 0 Å². The molecule has 3 nitrogen and oxygen atoms in total. The van der Waals surface area contributed by atoms with Crippen molar-refractivity contribution in [3.05, 3.63) is 66.2 Å². The molecule has 3 atom stereocenters. The molecule has 140 valence electrons. The smallest absolute Gasteiger partial charge is 0.105 e. The standard InChI is InChI=1S/C22H28O3S/c23-19(21(25)17-10-4-1-5-11-17)16-20(24)22(14-8-3-9-15-22)26-18-12-6-2-7-13-18/h1-2,4-7,10-13,19-21,23-25H,3,8-9,14-16H2/t19-,20-,21-/m1/s1. The van der Waals surface area contributed by atoms with E-state index in [-0.39, 0.29) is 11.2 Å². The molecule has 0 saturated heterocycles. The van der Waals surface area contributed by atoms with Crippen LogP contribution in [-0.2, 0) is 0 Å². The normalized spacial score (nSPS) is 20.3. The average Bonchev–Trinajstić information content (AvgIpc) is 2.69. The van der Waals surface area contributed by atoms with Crippen LogP contribution in [0.2, 0.25) is 0 Å². The van der Waals surface area contributed by atoms with E-state index in [0.29, 0.717) is 5.56 Å². The highest BCUT2D eigenvalue weighted by molar-refractivity contribution is 8.00. The van der Waals surface area contributed by atoms with Crippen molar-refractivity contribution in [2.24, 2.45) is 0 Å². The Balaban J connectivity index is 1.72. The monoisotopic (exact) mass is 372 g/mol. The summed E-state index contributed by atoms with van der Waals surface area (Å²) in [7, 11) is 0. The minimum atomic E-state index is -0.984. The molecular formula is C22H28O3S. The molecule has 0 aliphatic heterocycles. The maximum absolute atomic E-state index is 11.1. The van der Waals surface area contributed by atoms with E-state index in [4.69, 9.17) is 0 Å². The van der Waals surface area contributed by atoms with E-state index < -0.39 is 18.3 Å². The highest BCUT2D eigenvalue weighted by Gasteiger charge is 2.41. The first kappa shape index (κ1) is 19.4. The average molecular weight is 373 g/mol. The number of hydrogen-bond donors (Lipinski definition) is 3. The van der Waals surface area contributed by atoms with Crippen molar-refractivity contribution >= 4 is 11.8 Å². The third-order valence-electron chi connectivity index (χ3n) is 5.34. The van der Waals surface area contributed by atoms with Gasteiger partial charge in [0.1, 0.15) is 6.10 Å². The van der Waals surface area contributed by atoms with Crippen molar-refractivity contribution in [3.8, 4) is 0 Å². The second kappa shape index (κ2) is 9.05. The van der Waals surface area contributed by atoms with Crippen LogP contribution in [-0.4, -0.2) is 32.3 Å². The Kier molecular flexibility index (Phi) is 6.76. The van der Waals surface area contributed by atoms with Gasteiger partial charge in [0.05, 0.1) is 12.2 Å². The number of rotatable bonds is 7. The van der Waals surface area contributed by atoms with Crippen LogP contribution in [0.25, 0.3) is 0 Å². The Hall–Kier alpha value is -1.33. The molecule has 0 heterocycles. The van der Waals surface area contributed by atoms with Gasteiger partial charge in [0.2, 0.25) is 0 Å². The lowest BCUT2D eigenvalue weighted by Gasteiger charge is -2.41. The first-order valence-corrected chi connectivity index (χ1v) is 10.3. The summed E-state index contributed by atoms with van der Waals surface area (Å²) >= 11 is 1.73. The van der Waals surface area contributed by atoms with Gasteiger partial charge >= 0.3 is 0 Å². The summed E-state index contributed by atoms with van der Waals surface area (Å²) in [6.07, 6.45) is 2.79. The van der Waals surface area contributed by atoms with Gasteiger partial charge in [-0.2, -0.15) is 0 Å². The first-order chi connectivity index (χ1) is 12.6. The van der Waals surface area contributed by atoms with Crippen LogP contribution >= 0.6 is 11.8 Å². The summed E-state index contributed by atoms with van der Waals surface area (Å²) in [4.78, 5) is 1.14. The number of thioether (sulfide) groups is 1. The number of benzene rings is 2. The van der Waals surface area contributed by atoms with Crippen LogP contribution in [0.15, 0.2) is 65.6 Å². The van der Waals surface area contributed by atoms with Gasteiger partial charge in [-0.05, 0) is 30.5 Å². The largest absolute Gasteiger partial charge is 0.392 e. The van der Waals surface area contributed by atoms with Crippen LogP contribution < -0.4 is 0 Å². The molecule has 1 aliphatic rings. The zero-order valence-electron chi connectivity index (χ0n) is 15.0. The lowest BCUT2D eigenvalue weighted by atomic mass is 9.81. The molecule has 0 aromatic heterocycles. The predicted molar refractivity (Wildman–Crippen MR) is 106 cm³/mol. The molecule has 2 aromatic carbocycles. The highest BCUT2D eigenvalue weighted by Crippen LogP contribution is 2.47. The number of hydrogen-bond acceptors (Lipinski definition) is 4. The van der Waals surface area contributed by atoms with Crippen LogP contribution in [0, 0.1) is 0 Å². The molecule has 1 saturated carbocycles. The summed E-state index contributed by atoms with van der Waals surface area (Å²) in [6.45, 7) is 0. The molecule has 0 unspecified atom stereocenters. The molecule has 1 aliphatic carbocycles. The molecule has 3 rings (SSSR count). The van der Waals surface area contributed by atoms with Crippen LogP contribution in [0.3, 0.4) is 0 Å². The molecule has 2 aromatic rings. The summed E-state index contributed by atoms with van der Waals surface area (Å²) in [5, 5.41) is 32.0.